The van der Waals surface area contributed by atoms with Crippen molar-refractivity contribution in [2.75, 3.05) is 9.80 Å². The SMILES string of the molecule is c1ccc(-c2ccc(-c3ccc(N(c4ccc5c(c4)C4(c6ccccc6-5)c5ccccc5N(c5ccccc5)c5ccccc54)c4ccccc4-c4ccccc4-c4cccc5ccccc45)cc3)cc2)cc1. The van der Waals surface area contributed by atoms with Crippen LogP contribution in [-0.2, 0) is 5.41 Å². The first-order valence-electron chi connectivity index (χ1n) is 25.3. The molecule has 12 aromatic rings. The molecule has 0 aromatic heterocycles. The van der Waals surface area contributed by atoms with Crippen LogP contribution in [0.2, 0.25) is 0 Å². The van der Waals surface area contributed by atoms with Crippen LogP contribution in [0.3, 0.4) is 0 Å². The number of fused-ring (bicyclic) bond motifs is 10. The van der Waals surface area contributed by atoms with E-state index in [0.29, 0.717) is 0 Å². The Kier molecular flexibility index (Phi) is 10.1. The van der Waals surface area contributed by atoms with Gasteiger partial charge in [0.1, 0.15) is 0 Å². The molecule has 1 spiro atoms. The van der Waals surface area contributed by atoms with Crippen molar-refractivity contribution in [2.24, 2.45) is 0 Å². The fourth-order valence-corrected chi connectivity index (χ4v) is 12.1. The lowest BCUT2D eigenvalue weighted by molar-refractivity contribution is 0.752. The predicted molar refractivity (Wildman–Crippen MR) is 306 cm³/mol. The molecule has 0 bridgehead atoms. The Hall–Kier alpha value is -9.50. The molecule has 0 saturated carbocycles. The van der Waals surface area contributed by atoms with Gasteiger partial charge in [-0.15, -0.1) is 0 Å². The molecule has 2 nitrogen and oxygen atoms in total. The zero-order chi connectivity index (χ0) is 48.3. The lowest BCUT2D eigenvalue weighted by atomic mass is 9.64. The minimum Gasteiger partial charge on any atom is -0.310 e. The van der Waals surface area contributed by atoms with Gasteiger partial charge in [-0.2, -0.15) is 0 Å². The number of benzene rings is 12. The Balaban J connectivity index is 0.989. The molecule has 0 fully saturated rings. The van der Waals surface area contributed by atoms with Crippen LogP contribution >= 0.6 is 0 Å². The highest BCUT2D eigenvalue weighted by Crippen LogP contribution is 2.64. The van der Waals surface area contributed by atoms with Gasteiger partial charge in [-0.05, 0) is 138 Å². The molecule has 0 unspecified atom stereocenters. The first kappa shape index (κ1) is 42.4. The number of hydrogen-bond acceptors (Lipinski definition) is 2. The highest BCUT2D eigenvalue weighted by atomic mass is 15.2. The van der Waals surface area contributed by atoms with Gasteiger partial charge in [0.2, 0.25) is 0 Å². The molecule has 0 N–H and O–H groups in total. The molecule has 2 aliphatic rings. The van der Waals surface area contributed by atoms with Crippen molar-refractivity contribution < 1.29 is 0 Å². The number of anilines is 6. The van der Waals surface area contributed by atoms with Gasteiger partial charge in [0, 0.05) is 22.6 Å². The quantitative estimate of drug-likeness (QED) is 0.150. The van der Waals surface area contributed by atoms with E-state index < -0.39 is 5.41 Å². The van der Waals surface area contributed by atoms with Gasteiger partial charge < -0.3 is 9.80 Å². The summed E-state index contributed by atoms with van der Waals surface area (Å²) in [5, 5.41) is 2.46. The van der Waals surface area contributed by atoms with Crippen molar-refractivity contribution in [1.82, 2.24) is 0 Å². The Labute approximate surface area is 427 Å². The summed E-state index contributed by atoms with van der Waals surface area (Å²) in [6, 6.07) is 107. The summed E-state index contributed by atoms with van der Waals surface area (Å²) in [4.78, 5) is 4.94. The minimum atomic E-state index is -0.609. The molecule has 0 saturated heterocycles. The van der Waals surface area contributed by atoms with Gasteiger partial charge >= 0.3 is 0 Å². The monoisotopic (exact) mass is 928 g/mol. The van der Waals surface area contributed by atoms with Crippen molar-refractivity contribution in [2.45, 2.75) is 5.41 Å². The molecular weight excluding hydrogens is 881 g/mol. The lowest BCUT2D eigenvalue weighted by Gasteiger charge is -2.45. The second kappa shape index (κ2) is 17.4. The second-order valence-corrected chi connectivity index (χ2v) is 19.1. The van der Waals surface area contributed by atoms with Gasteiger partial charge in [0.25, 0.3) is 0 Å². The van der Waals surface area contributed by atoms with Crippen LogP contribution in [0.5, 0.6) is 0 Å². The zero-order valence-electron chi connectivity index (χ0n) is 40.1. The molecule has 342 valence electrons. The van der Waals surface area contributed by atoms with E-state index in [1.54, 1.807) is 0 Å². The van der Waals surface area contributed by atoms with Crippen molar-refractivity contribution in [3.05, 3.63) is 313 Å². The maximum Gasteiger partial charge on any atom is 0.0755 e. The van der Waals surface area contributed by atoms with Crippen LogP contribution in [0.15, 0.2) is 291 Å². The van der Waals surface area contributed by atoms with Gasteiger partial charge in [-0.3, -0.25) is 0 Å². The molecule has 14 rings (SSSR count). The summed E-state index contributed by atoms with van der Waals surface area (Å²) in [5.74, 6) is 0. The molecular formula is C71H48N2. The summed E-state index contributed by atoms with van der Waals surface area (Å²) in [5.41, 5.74) is 23.3. The molecule has 12 aromatic carbocycles. The summed E-state index contributed by atoms with van der Waals surface area (Å²) in [7, 11) is 0. The van der Waals surface area contributed by atoms with E-state index >= 15 is 0 Å². The average Bonchev–Trinajstić information content (AvgIpc) is 3.82. The Morgan fingerprint density at radius 2 is 0.726 bits per heavy atom. The molecule has 1 aliphatic carbocycles. The molecule has 2 heteroatoms. The molecule has 0 radical (unpaired) electrons. The van der Waals surface area contributed by atoms with E-state index in [1.807, 2.05) is 0 Å². The maximum absolute atomic E-state index is 2.50. The van der Waals surface area contributed by atoms with E-state index in [4.69, 9.17) is 0 Å². The topological polar surface area (TPSA) is 6.48 Å². The third-order valence-corrected chi connectivity index (χ3v) is 15.3. The standard InChI is InChI=1S/C71H48N2/c1-3-20-49(21-4-1)50-38-40-51(41-39-50)52-42-44-55(45-43-52)72(68-35-16-12-30-63(68)60-28-10-9-27-59(60)58-31-19-23-53-22-7-8-26-57(53)58)56-46-47-62-61-29-11-13-32-64(61)71(67(62)48-56)65-33-14-17-36-69(65)73(54-24-5-2-6-25-54)70-37-18-15-34-66(70)71/h1-48H. The normalized spacial score (nSPS) is 12.7. The molecule has 0 atom stereocenters. The van der Waals surface area contributed by atoms with Gasteiger partial charge in [-0.25, -0.2) is 0 Å². The summed E-state index contributed by atoms with van der Waals surface area (Å²) in [6.45, 7) is 0. The minimum absolute atomic E-state index is 0.609. The Morgan fingerprint density at radius 1 is 0.274 bits per heavy atom. The van der Waals surface area contributed by atoms with Crippen molar-refractivity contribution in [3.8, 4) is 55.6 Å². The molecule has 0 amide bonds. The third-order valence-electron chi connectivity index (χ3n) is 15.3. The summed E-state index contributed by atoms with van der Waals surface area (Å²) >= 11 is 0. The van der Waals surface area contributed by atoms with E-state index in [2.05, 4.69) is 301 Å². The van der Waals surface area contributed by atoms with Crippen molar-refractivity contribution in [1.29, 1.82) is 0 Å². The molecule has 73 heavy (non-hydrogen) atoms. The maximum atomic E-state index is 2.50. The fraction of sp³-hybridized carbons (Fsp3) is 0.0141. The summed E-state index contributed by atoms with van der Waals surface area (Å²) < 4.78 is 0. The molecule has 1 heterocycles. The smallest absolute Gasteiger partial charge is 0.0755 e. The molecule has 1 aliphatic heterocycles. The zero-order valence-corrected chi connectivity index (χ0v) is 40.1. The van der Waals surface area contributed by atoms with Crippen molar-refractivity contribution >= 4 is 44.9 Å². The van der Waals surface area contributed by atoms with E-state index in [-0.39, 0.29) is 0 Å². The van der Waals surface area contributed by atoms with E-state index in [9.17, 15) is 0 Å². The number of hydrogen-bond donors (Lipinski definition) is 0. The van der Waals surface area contributed by atoms with Gasteiger partial charge in [0.05, 0.1) is 22.5 Å². The average molecular weight is 929 g/mol. The Morgan fingerprint density at radius 3 is 1.41 bits per heavy atom. The lowest BCUT2D eigenvalue weighted by Crippen LogP contribution is -2.36. The van der Waals surface area contributed by atoms with E-state index in [1.165, 1.54) is 94.5 Å². The second-order valence-electron chi connectivity index (χ2n) is 19.1. The highest BCUT2D eigenvalue weighted by Gasteiger charge is 2.52. The van der Waals surface area contributed by atoms with Crippen LogP contribution in [0.4, 0.5) is 34.1 Å². The van der Waals surface area contributed by atoms with Crippen LogP contribution in [0.25, 0.3) is 66.4 Å². The number of para-hydroxylation sites is 4. The van der Waals surface area contributed by atoms with E-state index in [0.717, 1.165) is 28.3 Å². The van der Waals surface area contributed by atoms with Crippen LogP contribution in [0.1, 0.15) is 22.3 Å². The van der Waals surface area contributed by atoms with Gasteiger partial charge in [-0.1, -0.05) is 237 Å². The Bertz CT molecular complexity index is 3970. The highest BCUT2D eigenvalue weighted by molar-refractivity contribution is 6.03. The van der Waals surface area contributed by atoms with Crippen molar-refractivity contribution in [3.63, 3.8) is 0 Å². The first-order chi connectivity index (χ1) is 36.2. The van der Waals surface area contributed by atoms with Gasteiger partial charge in [0.15, 0.2) is 0 Å². The summed E-state index contributed by atoms with van der Waals surface area (Å²) in [6.07, 6.45) is 0. The largest absolute Gasteiger partial charge is 0.310 e. The first-order valence-corrected chi connectivity index (χ1v) is 25.3. The predicted octanol–water partition coefficient (Wildman–Crippen LogP) is 19.1. The number of rotatable bonds is 8. The fourth-order valence-electron chi connectivity index (χ4n) is 12.1. The van der Waals surface area contributed by atoms with Crippen LogP contribution in [-0.4, -0.2) is 0 Å². The van der Waals surface area contributed by atoms with Crippen LogP contribution < -0.4 is 9.80 Å². The number of nitrogens with zero attached hydrogens (tertiary/aromatic N) is 2. The van der Waals surface area contributed by atoms with Crippen LogP contribution in [0, 0.1) is 0 Å². The third kappa shape index (κ3) is 6.79.